The Hall–Kier alpha value is -1.36. The van der Waals surface area contributed by atoms with E-state index in [2.05, 4.69) is 9.47 Å². The molecule has 0 aliphatic heterocycles. The predicted octanol–water partition coefficient (Wildman–Crippen LogP) is 2.66. The van der Waals surface area contributed by atoms with Gasteiger partial charge in [-0.3, -0.25) is 4.79 Å². The summed E-state index contributed by atoms with van der Waals surface area (Å²) in [5.74, 6) is -0.552. The molecule has 16 heavy (non-hydrogen) atoms. The third-order valence-corrected chi connectivity index (χ3v) is 2.08. The SMILES string of the molecule is COC(=O)Cc1ccc(OC(F)F)c(Cl)c1. The zero-order valence-electron chi connectivity index (χ0n) is 8.38. The highest BCUT2D eigenvalue weighted by molar-refractivity contribution is 6.32. The van der Waals surface area contributed by atoms with E-state index in [-0.39, 0.29) is 17.2 Å². The normalized spacial score (nSPS) is 10.3. The number of benzene rings is 1. The number of alkyl halides is 2. The first kappa shape index (κ1) is 12.7. The molecule has 0 fully saturated rings. The zero-order valence-corrected chi connectivity index (χ0v) is 9.13. The van der Waals surface area contributed by atoms with E-state index in [1.807, 2.05) is 0 Å². The van der Waals surface area contributed by atoms with E-state index in [4.69, 9.17) is 11.6 Å². The lowest BCUT2D eigenvalue weighted by Crippen LogP contribution is -2.05. The summed E-state index contributed by atoms with van der Waals surface area (Å²) in [5.41, 5.74) is 0.568. The number of methoxy groups -OCH3 is 1. The molecule has 0 aromatic heterocycles. The quantitative estimate of drug-likeness (QED) is 0.771. The highest BCUT2D eigenvalue weighted by Gasteiger charge is 2.10. The van der Waals surface area contributed by atoms with E-state index in [1.165, 1.54) is 25.3 Å². The van der Waals surface area contributed by atoms with Crippen LogP contribution >= 0.6 is 11.6 Å². The van der Waals surface area contributed by atoms with E-state index in [1.54, 1.807) is 0 Å². The first-order valence-corrected chi connectivity index (χ1v) is 4.70. The van der Waals surface area contributed by atoms with Crippen LogP contribution in [0.1, 0.15) is 5.56 Å². The number of esters is 1. The molecule has 1 aromatic carbocycles. The highest BCUT2D eigenvalue weighted by atomic mass is 35.5. The van der Waals surface area contributed by atoms with Crippen LogP contribution in [0, 0.1) is 0 Å². The second kappa shape index (κ2) is 5.65. The predicted molar refractivity (Wildman–Crippen MR) is 53.8 cm³/mol. The third-order valence-electron chi connectivity index (χ3n) is 1.79. The van der Waals surface area contributed by atoms with Gasteiger partial charge in [0.15, 0.2) is 0 Å². The number of hydrogen-bond acceptors (Lipinski definition) is 3. The molecule has 88 valence electrons. The minimum atomic E-state index is -2.93. The van der Waals surface area contributed by atoms with Gasteiger partial charge in [0.05, 0.1) is 18.6 Å². The smallest absolute Gasteiger partial charge is 0.387 e. The van der Waals surface area contributed by atoms with Gasteiger partial charge in [-0.15, -0.1) is 0 Å². The van der Waals surface area contributed by atoms with Gasteiger partial charge in [0.2, 0.25) is 0 Å². The van der Waals surface area contributed by atoms with Crippen LogP contribution in [0.4, 0.5) is 8.78 Å². The number of rotatable bonds is 4. The maximum Gasteiger partial charge on any atom is 0.387 e. The van der Waals surface area contributed by atoms with Crippen LogP contribution in [0.2, 0.25) is 5.02 Å². The summed E-state index contributed by atoms with van der Waals surface area (Å²) in [6, 6.07) is 4.14. The summed E-state index contributed by atoms with van der Waals surface area (Å²) in [5, 5.41) is 0.0294. The molecule has 1 rings (SSSR count). The number of carbonyl (C=O) groups excluding carboxylic acids is 1. The second-order valence-electron chi connectivity index (χ2n) is 2.90. The standard InChI is InChI=1S/C10H9ClF2O3/c1-15-9(14)5-6-2-3-8(7(11)4-6)16-10(12)13/h2-4,10H,5H2,1H3. The molecule has 0 unspecified atom stereocenters. The molecule has 0 radical (unpaired) electrons. The summed E-state index contributed by atoms with van der Waals surface area (Å²) >= 11 is 5.69. The average Bonchev–Trinajstić information content (AvgIpc) is 2.21. The van der Waals surface area contributed by atoms with Crippen molar-refractivity contribution in [2.45, 2.75) is 13.0 Å². The van der Waals surface area contributed by atoms with Crippen LogP contribution in [-0.4, -0.2) is 19.7 Å². The molecule has 0 atom stereocenters. The van der Waals surface area contributed by atoms with Gasteiger partial charge < -0.3 is 9.47 Å². The third kappa shape index (κ3) is 3.66. The lowest BCUT2D eigenvalue weighted by atomic mass is 10.1. The van der Waals surface area contributed by atoms with Crippen LogP contribution in [0.25, 0.3) is 0 Å². The summed E-state index contributed by atoms with van der Waals surface area (Å²) in [6.45, 7) is -2.93. The molecule has 6 heteroatoms. The van der Waals surface area contributed by atoms with Crippen molar-refractivity contribution < 1.29 is 23.0 Å². The van der Waals surface area contributed by atoms with Gasteiger partial charge in [-0.2, -0.15) is 8.78 Å². The van der Waals surface area contributed by atoms with E-state index >= 15 is 0 Å². The monoisotopic (exact) mass is 250 g/mol. The van der Waals surface area contributed by atoms with Crippen molar-refractivity contribution in [2.24, 2.45) is 0 Å². The first-order valence-electron chi connectivity index (χ1n) is 4.33. The molecule has 0 spiro atoms. The molecule has 0 heterocycles. The molecule has 0 bridgehead atoms. The maximum absolute atomic E-state index is 11.9. The Balaban J connectivity index is 2.78. The number of ether oxygens (including phenoxy) is 2. The van der Waals surface area contributed by atoms with E-state index < -0.39 is 12.6 Å². The summed E-state index contributed by atoms with van der Waals surface area (Å²) in [6.07, 6.45) is 0.0329. The molecule has 1 aromatic rings. The topological polar surface area (TPSA) is 35.5 Å². The molecule has 0 saturated carbocycles. The number of hydrogen-bond donors (Lipinski definition) is 0. The van der Waals surface area contributed by atoms with Gasteiger partial charge in [0, 0.05) is 0 Å². The van der Waals surface area contributed by atoms with Gasteiger partial charge >= 0.3 is 12.6 Å². The number of carbonyl (C=O) groups is 1. The number of halogens is 3. The van der Waals surface area contributed by atoms with Crippen molar-refractivity contribution in [3.63, 3.8) is 0 Å². The maximum atomic E-state index is 11.9. The minimum absolute atomic E-state index is 0.0294. The zero-order chi connectivity index (χ0) is 12.1. The molecule has 0 aliphatic rings. The molecule has 0 amide bonds. The highest BCUT2D eigenvalue weighted by Crippen LogP contribution is 2.27. The Kier molecular flexibility index (Phi) is 4.49. The molecular weight excluding hydrogens is 242 g/mol. The Bertz CT molecular complexity index is 382. The van der Waals surface area contributed by atoms with Crippen molar-refractivity contribution in [3.05, 3.63) is 28.8 Å². The van der Waals surface area contributed by atoms with Gasteiger partial charge in [-0.1, -0.05) is 17.7 Å². The Morgan fingerprint density at radius 1 is 1.50 bits per heavy atom. The van der Waals surface area contributed by atoms with E-state index in [0.29, 0.717) is 5.56 Å². The van der Waals surface area contributed by atoms with Gasteiger partial charge in [-0.25, -0.2) is 0 Å². The van der Waals surface area contributed by atoms with Crippen molar-refractivity contribution in [3.8, 4) is 5.75 Å². The van der Waals surface area contributed by atoms with Crippen LogP contribution in [0.5, 0.6) is 5.75 Å². The van der Waals surface area contributed by atoms with Gasteiger partial charge in [0.1, 0.15) is 5.75 Å². The first-order chi connectivity index (χ1) is 7.52. The summed E-state index contributed by atoms with van der Waals surface area (Å²) in [4.78, 5) is 10.9. The van der Waals surface area contributed by atoms with Crippen LogP contribution in [0.15, 0.2) is 18.2 Å². The van der Waals surface area contributed by atoms with Crippen LogP contribution < -0.4 is 4.74 Å². The molecule has 0 saturated heterocycles. The van der Waals surface area contributed by atoms with Crippen molar-refractivity contribution >= 4 is 17.6 Å². The largest absolute Gasteiger partial charge is 0.469 e. The average molecular weight is 251 g/mol. The molecular formula is C10H9ClF2O3. The second-order valence-corrected chi connectivity index (χ2v) is 3.30. The fourth-order valence-electron chi connectivity index (χ4n) is 1.08. The Morgan fingerprint density at radius 3 is 2.69 bits per heavy atom. The summed E-state index contributed by atoms with van der Waals surface area (Å²) in [7, 11) is 1.26. The summed E-state index contributed by atoms with van der Waals surface area (Å²) < 4.78 is 32.4. The molecule has 0 N–H and O–H groups in total. The molecule has 0 aliphatic carbocycles. The fourth-order valence-corrected chi connectivity index (χ4v) is 1.33. The van der Waals surface area contributed by atoms with Gasteiger partial charge in [-0.05, 0) is 17.7 Å². The fraction of sp³-hybridized carbons (Fsp3) is 0.300. The van der Waals surface area contributed by atoms with Gasteiger partial charge in [0.25, 0.3) is 0 Å². The van der Waals surface area contributed by atoms with Crippen LogP contribution in [-0.2, 0) is 16.0 Å². The Morgan fingerprint density at radius 2 is 2.19 bits per heavy atom. The van der Waals surface area contributed by atoms with Crippen molar-refractivity contribution in [2.75, 3.05) is 7.11 Å². The van der Waals surface area contributed by atoms with E-state index in [0.717, 1.165) is 0 Å². The minimum Gasteiger partial charge on any atom is -0.469 e. The Labute approximate surface area is 95.9 Å². The van der Waals surface area contributed by atoms with Crippen LogP contribution in [0.3, 0.4) is 0 Å². The lowest BCUT2D eigenvalue weighted by Gasteiger charge is -2.07. The molecule has 3 nitrogen and oxygen atoms in total. The lowest BCUT2D eigenvalue weighted by molar-refractivity contribution is -0.139. The van der Waals surface area contributed by atoms with Crippen molar-refractivity contribution in [1.29, 1.82) is 0 Å². The van der Waals surface area contributed by atoms with E-state index in [9.17, 15) is 13.6 Å². The van der Waals surface area contributed by atoms with Crippen molar-refractivity contribution in [1.82, 2.24) is 0 Å².